The maximum Gasteiger partial charge on any atom is 0.355 e. The van der Waals surface area contributed by atoms with E-state index in [1.165, 1.54) is 19.3 Å². The van der Waals surface area contributed by atoms with Crippen LogP contribution in [0.4, 0.5) is 0 Å². The van der Waals surface area contributed by atoms with Crippen LogP contribution in [0.1, 0.15) is 12.5 Å². The van der Waals surface area contributed by atoms with Gasteiger partial charge in [0.25, 0.3) is 0 Å². The highest BCUT2D eigenvalue weighted by Crippen LogP contribution is 2.26. The maximum absolute atomic E-state index is 12.7. The van der Waals surface area contributed by atoms with E-state index in [1.807, 2.05) is 0 Å². The summed E-state index contributed by atoms with van der Waals surface area (Å²) >= 11 is 0. The third kappa shape index (κ3) is 5.33. The van der Waals surface area contributed by atoms with Crippen molar-refractivity contribution in [2.75, 3.05) is 18.8 Å². The zero-order valence-corrected chi connectivity index (χ0v) is 18.4. The van der Waals surface area contributed by atoms with Crippen molar-refractivity contribution in [2.45, 2.75) is 11.8 Å². The summed E-state index contributed by atoms with van der Waals surface area (Å²) in [7, 11) is -7.18. The number of para-hydroxylation sites is 1. The summed E-state index contributed by atoms with van der Waals surface area (Å²) in [5.41, 5.74) is -0.528. The molecule has 0 atom stereocenters. The molecule has 1 aromatic heterocycles. The molecule has 8 nitrogen and oxygen atoms in total. The van der Waals surface area contributed by atoms with Crippen molar-refractivity contribution in [3.8, 4) is 11.5 Å². The second kappa shape index (κ2) is 8.94. The molecular weight excluding hydrogens is 444 g/mol. The molecule has 0 radical (unpaired) electrons. The second-order valence-electron chi connectivity index (χ2n) is 6.48. The van der Waals surface area contributed by atoms with Crippen molar-refractivity contribution >= 4 is 36.7 Å². The SMILES string of the molecule is CCOc1cccc2cc(S(=O)(=O)CS(=O)(=O)/C=C/c3ccc(OC)cc3)c(=O)oc12. The van der Waals surface area contributed by atoms with E-state index in [1.54, 1.807) is 43.3 Å². The molecule has 0 amide bonds. The highest BCUT2D eigenvalue weighted by molar-refractivity contribution is 8.09. The monoisotopic (exact) mass is 464 g/mol. The molecule has 0 saturated heterocycles. The minimum absolute atomic E-state index is 0.0931. The van der Waals surface area contributed by atoms with Crippen LogP contribution in [-0.4, -0.2) is 35.6 Å². The van der Waals surface area contributed by atoms with E-state index >= 15 is 0 Å². The van der Waals surface area contributed by atoms with E-state index in [2.05, 4.69) is 0 Å². The minimum atomic E-state index is -4.49. The molecule has 0 aliphatic carbocycles. The van der Waals surface area contributed by atoms with Crippen molar-refractivity contribution in [2.24, 2.45) is 0 Å². The van der Waals surface area contributed by atoms with Crippen LogP contribution in [0.2, 0.25) is 0 Å². The van der Waals surface area contributed by atoms with Gasteiger partial charge in [-0.2, -0.15) is 0 Å². The normalized spacial score (nSPS) is 12.3. The Morgan fingerprint density at radius 1 is 1.03 bits per heavy atom. The van der Waals surface area contributed by atoms with Gasteiger partial charge in [0.1, 0.15) is 5.75 Å². The first kappa shape index (κ1) is 22.6. The van der Waals surface area contributed by atoms with Gasteiger partial charge in [-0.25, -0.2) is 21.6 Å². The molecule has 0 saturated carbocycles. The summed E-state index contributed by atoms with van der Waals surface area (Å²) < 4.78 is 65.7. The Morgan fingerprint density at radius 3 is 2.39 bits per heavy atom. The average molecular weight is 465 g/mol. The van der Waals surface area contributed by atoms with E-state index < -0.39 is 35.3 Å². The van der Waals surface area contributed by atoms with E-state index in [9.17, 15) is 21.6 Å². The molecule has 0 spiro atoms. The first-order valence-electron chi connectivity index (χ1n) is 9.12. The van der Waals surface area contributed by atoms with Gasteiger partial charge < -0.3 is 13.9 Å². The molecular formula is C21H20O8S2. The third-order valence-electron chi connectivity index (χ3n) is 4.23. The minimum Gasteiger partial charge on any atom is -0.497 e. The quantitative estimate of drug-likeness (QED) is 0.467. The van der Waals surface area contributed by atoms with Gasteiger partial charge >= 0.3 is 5.63 Å². The maximum atomic E-state index is 12.7. The smallest absolute Gasteiger partial charge is 0.355 e. The molecule has 3 aromatic rings. The van der Waals surface area contributed by atoms with E-state index in [4.69, 9.17) is 13.9 Å². The average Bonchev–Trinajstić information content (AvgIpc) is 2.72. The van der Waals surface area contributed by atoms with Crippen molar-refractivity contribution in [1.29, 1.82) is 0 Å². The van der Waals surface area contributed by atoms with Crippen LogP contribution in [0.15, 0.2) is 68.0 Å². The molecule has 3 rings (SSSR count). The largest absolute Gasteiger partial charge is 0.497 e. The molecule has 0 fully saturated rings. The van der Waals surface area contributed by atoms with Gasteiger partial charge in [0.15, 0.2) is 41.0 Å². The van der Waals surface area contributed by atoms with Crippen LogP contribution in [0.5, 0.6) is 11.5 Å². The molecule has 164 valence electrons. The van der Waals surface area contributed by atoms with Gasteiger partial charge in [-0.15, -0.1) is 0 Å². The first-order chi connectivity index (χ1) is 14.6. The lowest BCUT2D eigenvalue weighted by Gasteiger charge is -2.07. The van der Waals surface area contributed by atoms with Crippen molar-refractivity contribution in [3.05, 3.63) is 69.9 Å². The van der Waals surface area contributed by atoms with Crippen LogP contribution in [0, 0.1) is 0 Å². The molecule has 0 bridgehead atoms. The zero-order chi connectivity index (χ0) is 22.6. The second-order valence-corrected chi connectivity index (χ2v) is 10.7. The fourth-order valence-electron chi connectivity index (χ4n) is 2.80. The standard InChI is InChI=1S/C21H20O8S2/c1-3-28-18-6-4-5-16-13-19(21(22)29-20(16)18)31(25,26)14-30(23,24)12-11-15-7-9-17(27-2)10-8-15/h4-13H,3,14H2,1-2H3/b12-11+. The lowest BCUT2D eigenvalue weighted by atomic mass is 10.2. The highest BCUT2D eigenvalue weighted by Gasteiger charge is 2.27. The molecule has 0 unspecified atom stereocenters. The van der Waals surface area contributed by atoms with Gasteiger partial charge in [-0.3, -0.25) is 0 Å². The zero-order valence-electron chi connectivity index (χ0n) is 16.8. The predicted octanol–water partition coefficient (Wildman–Crippen LogP) is 3.02. The number of sulfone groups is 2. The lowest BCUT2D eigenvalue weighted by molar-refractivity contribution is 0.336. The Bertz CT molecular complexity index is 1380. The number of fused-ring (bicyclic) bond motifs is 1. The van der Waals surface area contributed by atoms with Crippen molar-refractivity contribution in [1.82, 2.24) is 0 Å². The summed E-state index contributed by atoms with van der Waals surface area (Å²) in [4.78, 5) is 11.6. The highest BCUT2D eigenvalue weighted by atomic mass is 32.3. The van der Waals surface area contributed by atoms with E-state index in [0.29, 0.717) is 23.3 Å². The number of methoxy groups -OCH3 is 1. The molecule has 2 aromatic carbocycles. The Morgan fingerprint density at radius 2 is 1.74 bits per heavy atom. The van der Waals surface area contributed by atoms with Crippen LogP contribution < -0.4 is 15.1 Å². The number of benzene rings is 2. The van der Waals surface area contributed by atoms with Crippen molar-refractivity contribution < 1.29 is 30.7 Å². The first-order valence-corrected chi connectivity index (χ1v) is 12.5. The van der Waals surface area contributed by atoms with E-state index in [-0.39, 0.29) is 11.3 Å². The lowest BCUT2D eigenvalue weighted by Crippen LogP contribution is -2.21. The number of hydrogen-bond donors (Lipinski definition) is 0. The number of ether oxygens (including phenoxy) is 2. The predicted molar refractivity (Wildman–Crippen MR) is 117 cm³/mol. The number of hydrogen-bond acceptors (Lipinski definition) is 8. The van der Waals surface area contributed by atoms with Gasteiger partial charge in [-0.1, -0.05) is 24.3 Å². The molecule has 31 heavy (non-hydrogen) atoms. The Hall–Kier alpha value is -3.11. The summed E-state index contributed by atoms with van der Waals surface area (Å²) in [6, 6.07) is 12.3. The third-order valence-corrected chi connectivity index (χ3v) is 8.29. The fraction of sp³-hybridized carbons (Fsp3) is 0.190. The fourth-order valence-corrected chi connectivity index (χ4v) is 6.32. The molecule has 0 aliphatic heterocycles. The van der Waals surface area contributed by atoms with Crippen LogP contribution in [-0.2, 0) is 19.7 Å². The number of rotatable bonds is 8. The molecule has 0 N–H and O–H groups in total. The topological polar surface area (TPSA) is 117 Å². The summed E-state index contributed by atoms with van der Waals surface area (Å²) in [6.45, 7) is 2.07. The Balaban J connectivity index is 1.91. The summed E-state index contributed by atoms with van der Waals surface area (Å²) in [5.74, 6) is 0.884. The van der Waals surface area contributed by atoms with Gasteiger partial charge in [0.05, 0.1) is 13.7 Å². The summed E-state index contributed by atoms with van der Waals surface area (Å²) in [5, 5.41) is -0.175. The van der Waals surface area contributed by atoms with Gasteiger partial charge in [-0.05, 0) is 42.8 Å². The van der Waals surface area contributed by atoms with Crippen molar-refractivity contribution in [3.63, 3.8) is 0 Å². The van der Waals surface area contributed by atoms with Gasteiger partial charge in [0.2, 0.25) is 0 Å². The van der Waals surface area contributed by atoms with E-state index in [0.717, 1.165) is 11.5 Å². The Kier molecular flexibility index (Phi) is 6.51. The van der Waals surface area contributed by atoms with Crippen LogP contribution in [0.3, 0.4) is 0 Å². The molecule has 0 aliphatic rings. The Labute approximate surface area is 179 Å². The summed E-state index contributed by atoms with van der Waals surface area (Å²) in [6.07, 6.45) is 1.27. The van der Waals surface area contributed by atoms with Crippen LogP contribution in [0.25, 0.3) is 17.0 Å². The van der Waals surface area contributed by atoms with Crippen LogP contribution >= 0.6 is 0 Å². The molecule has 1 heterocycles. The van der Waals surface area contributed by atoms with Gasteiger partial charge in [0, 0.05) is 10.8 Å². The molecule has 10 heteroatoms.